The maximum atomic E-state index is 13.2. The van der Waals surface area contributed by atoms with Crippen molar-refractivity contribution in [2.45, 2.75) is 38.5 Å². The average molecular weight is 274 g/mol. The van der Waals surface area contributed by atoms with Crippen molar-refractivity contribution >= 4 is 9.84 Å². The molecule has 0 saturated carbocycles. The molecule has 1 unspecified atom stereocenters. The first-order chi connectivity index (χ1) is 7.98. The minimum atomic E-state index is -3.44. The molecule has 0 aliphatic carbocycles. The summed E-state index contributed by atoms with van der Waals surface area (Å²) in [7, 11) is -3.44. The molecule has 1 aromatic rings. The van der Waals surface area contributed by atoms with Crippen molar-refractivity contribution in [3.63, 3.8) is 0 Å². The molecular weight excluding hydrogens is 255 g/mol. The van der Waals surface area contributed by atoms with Crippen molar-refractivity contribution < 1.29 is 17.9 Å². The smallest absolute Gasteiger partial charge is 0.155 e. The first-order valence-corrected chi connectivity index (χ1v) is 7.52. The molecular formula is C13H19FO3S. The Hall–Kier alpha value is -0.940. The number of aliphatic hydroxyl groups is 1. The zero-order valence-corrected chi connectivity index (χ0v) is 12.1. The molecule has 102 valence electrons. The van der Waals surface area contributed by atoms with E-state index in [-0.39, 0.29) is 0 Å². The van der Waals surface area contributed by atoms with Crippen molar-refractivity contribution in [3.8, 4) is 0 Å². The molecule has 1 atom stereocenters. The summed E-state index contributed by atoms with van der Waals surface area (Å²) < 4.78 is 35.3. The summed E-state index contributed by atoms with van der Waals surface area (Å²) in [5.74, 6) is -0.391. The van der Waals surface area contributed by atoms with Crippen LogP contribution >= 0.6 is 0 Å². The van der Waals surface area contributed by atoms with Crippen LogP contribution in [0.1, 0.15) is 36.6 Å². The number of aliphatic hydroxyl groups excluding tert-OH is 1. The number of hydrogen-bond acceptors (Lipinski definition) is 3. The highest BCUT2D eigenvalue weighted by molar-refractivity contribution is 7.92. The molecule has 5 heteroatoms. The molecule has 18 heavy (non-hydrogen) atoms. The van der Waals surface area contributed by atoms with Gasteiger partial charge in [0.05, 0.1) is 10.9 Å². The predicted molar refractivity (Wildman–Crippen MR) is 69.8 cm³/mol. The minimum Gasteiger partial charge on any atom is -0.387 e. The van der Waals surface area contributed by atoms with E-state index >= 15 is 0 Å². The number of benzene rings is 1. The van der Waals surface area contributed by atoms with Gasteiger partial charge in [0.15, 0.2) is 9.84 Å². The molecule has 0 aliphatic rings. The first-order valence-electron chi connectivity index (χ1n) is 5.62. The molecule has 0 bridgehead atoms. The van der Waals surface area contributed by atoms with E-state index in [9.17, 15) is 17.9 Å². The van der Waals surface area contributed by atoms with Gasteiger partial charge in [0.2, 0.25) is 0 Å². The monoisotopic (exact) mass is 274 g/mol. The fourth-order valence-corrected chi connectivity index (χ4v) is 2.43. The number of halogens is 1. The molecule has 0 amide bonds. The normalized spacial score (nSPS) is 14.6. The quantitative estimate of drug-likeness (QED) is 0.920. The van der Waals surface area contributed by atoms with Gasteiger partial charge in [-0.15, -0.1) is 0 Å². The molecule has 3 nitrogen and oxygen atoms in total. The topological polar surface area (TPSA) is 54.4 Å². The molecule has 0 saturated heterocycles. The lowest BCUT2D eigenvalue weighted by Crippen LogP contribution is -2.38. The summed E-state index contributed by atoms with van der Waals surface area (Å²) in [6, 6.07) is 2.59. The highest BCUT2D eigenvalue weighted by Gasteiger charge is 2.40. The molecule has 0 fully saturated rings. The number of sulfone groups is 1. The van der Waals surface area contributed by atoms with E-state index < -0.39 is 26.5 Å². The third-order valence-corrected chi connectivity index (χ3v) is 5.58. The van der Waals surface area contributed by atoms with E-state index in [1.165, 1.54) is 26.0 Å². The second-order valence-electron chi connectivity index (χ2n) is 5.23. The van der Waals surface area contributed by atoms with Gasteiger partial charge in [0, 0.05) is 6.26 Å². The van der Waals surface area contributed by atoms with Gasteiger partial charge in [-0.1, -0.05) is 0 Å². The fourth-order valence-electron chi connectivity index (χ4n) is 1.90. The van der Waals surface area contributed by atoms with Crippen LogP contribution in [0.4, 0.5) is 4.39 Å². The Labute approximate surface area is 108 Å². The van der Waals surface area contributed by atoms with E-state index in [1.807, 2.05) is 0 Å². The van der Waals surface area contributed by atoms with Crippen molar-refractivity contribution in [2.24, 2.45) is 0 Å². The molecule has 1 N–H and O–H groups in total. The van der Waals surface area contributed by atoms with Gasteiger partial charge in [-0.3, -0.25) is 0 Å². The summed E-state index contributed by atoms with van der Waals surface area (Å²) >= 11 is 0. The number of aryl methyl sites for hydroxylation is 2. The predicted octanol–water partition coefficient (Wildman–Crippen LogP) is 2.30. The van der Waals surface area contributed by atoms with Crippen LogP contribution in [-0.2, 0) is 9.84 Å². The Bertz CT molecular complexity index is 539. The summed E-state index contributed by atoms with van der Waals surface area (Å²) in [6.07, 6.45) is -0.0992. The van der Waals surface area contributed by atoms with E-state index in [0.717, 1.165) is 6.26 Å². The standard InChI is InChI=1S/C13H19FO3S/c1-8-6-10(14)7-9(2)11(8)12(15)13(3,4)18(5,16)17/h6-7,12,15H,1-5H3. The average Bonchev–Trinajstić information content (AvgIpc) is 2.13. The van der Waals surface area contributed by atoms with Crippen LogP contribution in [-0.4, -0.2) is 24.5 Å². The largest absolute Gasteiger partial charge is 0.387 e. The molecule has 0 radical (unpaired) electrons. The van der Waals surface area contributed by atoms with Gasteiger partial charge in [0.1, 0.15) is 5.82 Å². The van der Waals surface area contributed by atoms with Crippen LogP contribution in [0.5, 0.6) is 0 Å². The van der Waals surface area contributed by atoms with Crippen LogP contribution in [0.3, 0.4) is 0 Å². The van der Waals surface area contributed by atoms with Crippen LogP contribution < -0.4 is 0 Å². The second-order valence-corrected chi connectivity index (χ2v) is 7.83. The van der Waals surface area contributed by atoms with Crippen LogP contribution in [0, 0.1) is 19.7 Å². The SMILES string of the molecule is Cc1cc(F)cc(C)c1C(O)C(C)(C)S(C)(=O)=O. The minimum absolute atomic E-state index is 0.391. The van der Waals surface area contributed by atoms with Crippen LogP contribution in [0.25, 0.3) is 0 Å². The fraction of sp³-hybridized carbons (Fsp3) is 0.538. The van der Waals surface area contributed by atoms with Gasteiger partial charge < -0.3 is 5.11 Å². The Morgan fingerprint density at radius 2 is 1.61 bits per heavy atom. The molecule has 0 spiro atoms. The van der Waals surface area contributed by atoms with Gasteiger partial charge in [0.25, 0.3) is 0 Å². The van der Waals surface area contributed by atoms with Crippen LogP contribution in [0.15, 0.2) is 12.1 Å². The first kappa shape index (κ1) is 15.1. The maximum absolute atomic E-state index is 13.2. The molecule has 0 aliphatic heterocycles. The lowest BCUT2D eigenvalue weighted by molar-refractivity contribution is 0.138. The zero-order valence-electron chi connectivity index (χ0n) is 11.3. The third kappa shape index (κ3) is 2.57. The molecule has 1 aromatic carbocycles. The highest BCUT2D eigenvalue weighted by atomic mass is 32.2. The van der Waals surface area contributed by atoms with Crippen molar-refractivity contribution in [1.82, 2.24) is 0 Å². The second kappa shape index (κ2) is 4.63. The lowest BCUT2D eigenvalue weighted by Gasteiger charge is -2.31. The maximum Gasteiger partial charge on any atom is 0.155 e. The Balaban J connectivity index is 3.41. The summed E-state index contributed by atoms with van der Waals surface area (Å²) in [5.41, 5.74) is 1.58. The van der Waals surface area contributed by atoms with E-state index in [4.69, 9.17) is 0 Å². The molecule has 0 aromatic heterocycles. The van der Waals surface area contributed by atoms with Gasteiger partial charge in [-0.05, 0) is 56.5 Å². The molecule has 0 heterocycles. The van der Waals surface area contributed by atoms with Crippen molar-refractivity contribution in [3.05, 3.63) is 34.6 Å². The van der Waals surface area contributed by atoms with Gasteiger partial charge in [-0.2, -0.15) is 0 Å². The van der Waals surface area contributed by atoms with Gasteiger partial charge in [-0.25, -0.2) is 12.8 Å². The summed E-state index contributed by atoms with van der Waals surface area (Å²) in [5, 5.41) is 10.3. The Morgan fingerprint density at radius 3 is 1.94 bits per heavy atom. The van der Waals surface area contributed by atoms with Crippen molar-refractivity contribution in [1.29, 1.82) is 0 Å². The number of hydrogen-bond donors (Lipinski definition) is 1. The van der Waals surface area contributed by atoms with Gasteiger partial charge >= 0.3 is 0 Å². The Morgan fingerprint density at radius 1 is 1.22 bits per heavy atom. The third-order valence-electron chi connectivity index (χ3n) is 3.45. The van der Waals surface area contributed by atoms with Crippen LogP contribution in [0.2, 0.25) is 0 Å². The zero-order chi connectivity index (χ0) is 14.3. The Kier molecular flexibility index (Phi) is 3.89. The highest BCUT2D eigenvalue weighted by Crippen LogP contribution is 2.35. The number of rotatable bonds is 3. The summed E-state index contributed by atoms with van der Waals surface area (Å²) in [6.45, 7) is 6.25. The van der Waals surface area contributed by atoms with E-state index in [1.54, 1.807) is 13.8 Å². The summed E-state index contributed by atoms with van der Waals surface area (Å²) in [4.78, 5) is 0. The van der Waals surface area contributed by atoms with Crippen molar-refractivity contribution in [2.75, 3.05) is 6.26 Å². The lowest BCUT2D eigenvalue weighted by atomic mass is 9.91. The molecule has 1 rings (SSSR count). The van der Waals surface area contributed by atoms with E-state index in [2.05, 4.69) is 0 Å². The van der Waals surface area contributed by atoms with E-state index in [0.29, 0.717) is 16.7 Å².